The molecule has 1 atom stereocenters. The van der Waals surface area contributed by atoms with Crippen molar-refractivity contribution in [3.8, 4) is 5.75 Å². The van der Waals surface area contributed by atoms with Crippen LogP contribution in [-0.2, 0) is 4.74 Å². The van der Waals surface area contributed by atoms with Crippen LogP contribution in [0.3, 0.4) is 0 Å². The summed E-state index contributed by atoms with van der Waals surface area (Å²) in [5, 5.41) is 9.20. The van der Waals surface area contributed by atoms with Gasteiger partial charge in [-0.15, -0.1) is 0 Å². The van der Waals surface area contributed by atoms with Gasteiger partial charge in [-0.05, 0) is 41.9 Å². The highest BCUT2D eigenvalue weighted by molar-refractivity contribution is 9.10. The van der Waals surface area contributed by atoms with E-state index in [4.69, 9.17) is 9.47 Å². The van der Waals surface area contributed by atoms with E-state index in [0.717, 1.165) is 13.1 Å². The van der Waals surface area contributed by atoms with Gasteiger partial charge in [-0.2, -0.15) is 0 Å². The fraction of sp³-hybridized carbons (Fsp3) is 0.533. The maximum Gasteiger partial charge on any atom is 0.339 e. The second kappa shape index (κ2) is 7.24. The second-order valence-corrected chi connectivity index (χ2v) is 6.17. The zero-order valence-electron chi connectivity index (χ0n) is 12.2. The summed E-state index contributed by atoms with van der Waals surface area (Å²) < 4.78 is 12.0. The number of para-hydroxylation sites is 1. The van der Waals surface area contributed by atoms with E-state index in [2.05, 4.69) is 34.7 Å². The predicted octanol–water partition coefficient (Wildman–Crippen LogP) is 2.64. The van der Waals surface area contributed by atoms with Crippen LogP contribution in [0.1, 0.15) is 24.2 Å². The minimum Gasteiger partial charge on any atom is -0.489 e. The number of morpholine rings is 1. The van der Waals surface area contributed by atoms with Crippen molar-refractivity contribution in [3.05, 3.63) is 28.2 Å². The molecule has 0 radical (unpaired) electrons. The standard InChI is InChI=1S/C15H20BrNO4/c1-10(2)17-6-7-20-11(8-17)9-21-14-12(15(18)19)4-3-5-13(14)16/h3-5,10-11H,6-9H2,1-2H3,(H,18,19). The molecule has 0 amide bonds. The van der Waals surface area contributed by atoms with E-state index < -0.39 is 5.97 Å². The smallest absolute Gasteiger partial charge is 0.339 e. The van der Waals surface area contributed by atoms with Gasteiger partial charge in [-0.3, -0.25) is 4.90 Å². The third-order valence-electron chi connectivity index (χ3n) is 3.51. The molecule has 1 aliphatic heterocycles. The number of carboxylic acid groups (broad SMARTS) is 1. The van der Waals surface area contributed by atoms with E-state index in [9.17, 15) is 9.90 Å². The lowest BCUT2D eigenvalue weighted by Gasteiger charge is -2.35. The molecule has 1 unspecified atom stereocenters. The molecule has 116 valence electrons. The van der Waals surface area contributed by atoms with Crippen LogP contribution in [0, 0.1) is 0 Å². The van der Waals surface area contributed by atoms with Crippen LogP contribution in [0.25, 0.3) is 0 Å². The molecule has 6 heteroatoms. The topological polar surface area (TPSA) is 59.0 Å². The summed E-state index contributed by atoms with van der Waals surface area (Å²) in [5.41, 5.74) is 0.154. The molecular weight excluding hydrogens is 338 g/mol. The molecule has 0 aromatic heterocycles. The molecule has 1 heterocycles. The first-order valence-corrected chi connectivity index (χ1v) is 7.78. The highest BCUT2D eigenvalue weighted by Gasteiger charge is 2.24. The van der Waals surface area contributed by atoms with Crippen LogP contribution < -0.4 is 4.74 Å². The normalized spacial score (nSPS) is 19.7. The minimum absolute atomic E-state index is 0.0464. The van der Waals surface area contributed by atoms with E-state index in [1.807, 2.05) is 0 Å². The Morgan fingerprint density at radius 3 is 3.00 bits per heavy atom. The average molecular weight is 358 g/mol. The Morgan fingerprint density at radius 1 is 1.57 bits per heavy atom. The molecule has 5 nitrogen and oxygen atoms in total. The molecule has 1 saturated heterocycles. The maximum absolute atomic E-state index is 11.2. The van der Waals surface area contributed by atoms with Crippen molar-refractivity contribution in [2.75, 3.05) is 26.3 Å². The Kier molecular flexibility index (Phi) is 5.61. The summed E-state index contributed by atoms with van der Waals surface area (Å²) >= 11 is 3.34. The van der Waals surface area contributed by atoms with Crippen molar-refractivity contribution >= 4 is 21.9 Å². The Balaban J connectivity index is 2.01. The number of benzene rings is 1. The molecule has 0 bridgehead atoms. The number of hydrogen-bond donors (Lipinski definition) is 1. The number of carbonyl (C=O) groups is 1. The molecule has 1 N–H and O–H groups in total. The molecule has 0 saturated carbocycles. The highest BCUT2D eigenvalue weighted by atomic mass is 79.9. The Bertz CT molecular complexity index is 506. The number of hydrogen-bond acceptors (Lipinski definition) is 4. The lowest BCUT2D eigenvalue weighted by Crippen LogP contribution is -2.47. The van der Waals surface area contributed by atoms with Crippen molar-refractivity contribution in [1.29, 1.82) is 0 Å². The van der Waals surface area contributed by atoms with Crippen LogP contribution in [-0.4, -0.2) is 54.4 Å². The summed E-state index contributed by atoms with van der Waals surface area (Å²) in [6.07, 6.45) is -0.0464. The lowest BCUT2D eigenvalue weighted by molar-refractivity contribution is -0.0566. The summed E-state index contributed by atoms with van der Waals surface area (Å²) in [6, 6.07) is 5.45. The number of aromatic carboxylic acids is 1. The van der Waals surface area contributed by atoms with Gasteiger partial charge in [-0.25, -0.2) is 4.79 Å². The monoisotopic (exact) mass is 357 g/mol. The molecule has 2 rings (SSSR count). The van der Waals surface area contributed by atoms with Gasteiger partial charge in [0.15, 0.2) is 0 Å². The first kappa shape index (κ1) is 16.3. The third-order valence-corrected chi connectivity index (χ3v) is 4.14. The molecule has 1 aromatic rings. The van der Waals surface area contributed by atoms with Gasteiger partial charge in [0.2, 0.25) is 0 Å². The van der Waals surface area contributed by atoms with Crippen molar-refractivity contribution < 1.29 is 19.4 Å². The second-order valence-electron chi connectivity index (χ2n) is 5.31. The van der Waals surface area contributed by atoms with Gasteiger partial charge in [0.25, 0.3) is 0 Å². The van der Waals surface area contributed by atoms with Gasteiger partial charge in [0.05, 0.1) is 11.1 Å². The van der Waals surface area contributed by atoms with Crippen LogP contribution >= 0.6 is 15.9 Å². The summed E-state index contributed by atoms with van der Waals surface area (Å²) in [6.45, 7) is 7.03. The van der Waals surface area contributed by atoms with Crippen LogP contribution in [0.5, 0.6) is 5.75 Å². The van der Waals surface area contributed by atoms with Gasteiger partial charge < -0.3 is 14.6 Å². The SMILES string of the molecule is CC(C)N1CCOC(COc2c(Br)cccc2C(=O)O)C1. The van der Waals surface area contributed by atoms with Crippen molar-refractivity contribution in [2.24, 2.45) is 0 Å². The van der Waals surface area contributed by atoms with Crippen molar-refractivity contribution in [1.82, 2.24) is 4.90 Å². The average Bonchev–Trinajstić information content (AvgIpc) is 2.46. The van der Waals surface area contributed by atoms with Crippen molar-refractivity contribution in [2.45, 2.75) is 26.0 Å². The number of nitrogens with zero attached hydrogens (tertiary/aromatic N) is 1. The summed E-state index contributed by atoms with van der Waals surface area (Å²) in [5.74, 6) is -0.644. The van der Waals surface area contributed by atoms with E-state index in [1.54, 1.807) is 12.1 Å². The third kappa shape index (κ3) is 4.18. The van der Waals surface area contributed by atoms with Gasteiger partial charge in [0.1, 0.15) is 24.0 Å². The largest absolute Gasteiger partial charge is 0.489 e. The molecule has 1 aliphatic rings. The fourth-order valence-corrected chi connectivity index (χ4v) is 2.79. The number of ether oxygens (including phenoxy) is 2. The predicted molar refractivity (Wildman–Crippen MR) is 83.0 cm³/mol. The zero-order valence-corrected chi connectivity index (χ0v) is 13.8. The van der Waals surface area contributed by atoms with Crippen molar-refractivity contribution in [3.63, 3.8) is 0 Å². The number of halogens is 1. The zero-order chi connectivity index (χ0) is 15.4. The molecule has 1 aromatic carbocycles. The van der Waals surface area contributed by atoms with E-state index >= 15 is 0 Å². The van der Waals surface area contributed by atoms with E-state index in [0.29, 0.717) is 29.5 Å². The Morgan fingerprint density at radius 2 is 2.33 bits per heavy atom. The van der Waals surface area contributed by atoms with Gasteiger partial charge >= 0.3 is 5.97 Å². The molecule has 1 fully saturated rings. The number of carboxylic acids is 1. The van der Waals surface area contributed by atoms with Crippen LogP contribution in [0.4, 0.5) is 0 Å². The highest BCUT2D eigenvalue weighted by Crippen LogP contribution is 2.29. The maximum atomic E-state index is 11.2. The van der Waals surface area contributed by atoms with Gasteiger partial charge in [-0.1, -0.05) is 6.07 Å². The molecule has 21 heavy (non-hydrogen) atoms. The van der Waals surface area contributed by atoms with Crippen LogP contribution in [0.15, 0.2) is 22.7 Å². The summed E-state index contributed by atoms with van der Waals surface area (Å²) in [7, 11) is 0. The van der Waals surface area contributed by atoms with Crippen LogP contribution in [0.2, 0.25) is 0 Å². The Labute approximate surface area is 133 Å². The molecular formula is C15H20BrNO4. The quantitative estimate of drug-likeness (QED) is 0.877. The first-order chi connectivity index (χ1) is 9.99. The van der Waals surface area contributed by atoms with Gasteiger partial charge in [0, 0.05) is 19.1 Å². The number of rotatable bonds is 5. The lowest BCUT2D eigenvalue weighted by atomic mass is 10.2. The minimum atomic E-state index is -1.00. The van der Waals surface area contributed by atoms with E-state index in [-0.39, 0.29) is 11.7 Å². The fourth-order valence-electron chi connectivity index (χ4n) is 2.31. The summed E-state index contributed by atoms with van der Waals surface area (Å²) in [4.78, 5) is 13.6. The Hall–Kier alpha value is -1.11. The molecule has 0 spiro atoms. The van der Waals surface area contributed by atoms with E-state index in [1.165, 1.54) is 6.07 Å². The molecule has 0 aliphatic carbocycles. The first-order valence-electron chi connectivity index (χ1n) is 6.99.